The number of benzene rings is 3. The van der Waals surface area contributed by atoms with E-state index in [9.17, 15) is 14.7 Å². The van der Waals surface area contributed by atoms with Crippen LogP contribution in [0.4, 0.5) is 10.5 Å². The van der Waals surface area contributed by atoms with Crippen LogP contribution in [0.5, 0.6) is 0 Å². The average Bonchev–Trinajstić information content (AvgIpc) is 2.99. The van der Waals surface area contributed by atoms with Crippen molar-refractivity contribution in [3.8, 4) is 11.1 Å². The molecule has 0 heterocycles. The van der Waals surface area contributed by atoms with E-state index in [4.69, 9.17) is 4.74 Å². The van der Waals surface area contributed by atoms with Gasteiger partial charge in [-0.1, -0.05) is 48.5 Å². The lowest BCUT2D eigenvalue weighted by Gasteiger charge is -2.15. The Morgan fingerprint density at radius 2 is 1.45 bits per heavy atom. The maximum atomic E-state index is 12.4. The minimum atomic E-state index is -0.979. The fourth-order valence-electron chi connectivity index (χ4n) is 4.13. The predicted molar refractivity (Wildman–Crippen MR) is 112 cm³/mol. The quantitative estimate of drug-likeness (QED) is 0.632. The van der Waals surface area contributed by atoms with Gasteiger partial charge in [-0.3, -0.25) is 5.32 Å². The number of ether oxygens (including phenoxy) is 1. The SMILES string of the molecule is Cc1cc(NC(=O)OCC2c3ccccc3-c3ccccc32)cc(C)c1C(=O)O. The highest BCUT2D eigenvalue weighted by molar-refractivity contribution is 5.93. The number of rotatable bonds is 4. The van der Waals surface area contributed by atoms with E-state index in [1.807, 2.05) is 24.3 Å². The van der Waals surface area contributed by atoms with Crippen molar-refractivity contribution in [1.29, 1.82) is 0 Å². The fraction of sp³-hybridized carbons (Fsp3) is 0.167. The molecule has 0 fully saturated rings. The van der Waals surface area contributed by atoms with E-state index in [0.29, 0.717) is 16.8 Å². The lowest BCUT2D eigenvalue weighted by molar-refractivity contribution is 0.0695. The maximum absolute atomic E-state index is 12.4. The molecule has 4 rings (SSSR count). The van der Waals surface area contributed by atoms with Crippen molar-refractivity contribution in [3.05, 3.63) is 88.5 Å². The number of hydrogen-bond acceptors (Lipinski definition) is 3. The maximum Gasteiger partial charge on any atom is 0.411 e. The molecule has 0 spiro atoms. The summed E-state index contributed by atoms with van der Waals surface area (Å²) in [5.74, 6) is -0.987. The number of aromatic carboxylic acids is 1. The summed E-state index contributed by atoms with van der Waals surface area (Å²) < 4.78 is 5.53. The molecule has 2 N–H and O–H groups in total. The molecule has 0 saturated heterocycles. The summed E-state index contributed by atoms with van der Waals surface area (Å²) in [6.07, 6.45) is -0.561. The van der Waals surface area contributed by atoms with Crippen LogP contribution < -0.4 is 5.32 Å². The van der Waals surface area contributed by atoms with Gasteiger partial charge in [0.1, 0.15) is 6.61 Å². The highest BCUT2D eigenvalue weighted by Gasteiger charge is 2.29. The minimum Gasteiger partial charge on any atom is -0.478 e. The first kappa shape index (κ1) is 18.7. The Balaban J connectivity index is 1.49. The first-order valence-electron chi connectivity index (χ1n) is 9.42. The number of carboxylic acids is 1. The Kier molecular flexibility index (Phi) is 4.80. The summed E-state index contributed by atoms with van der Waals surface area (Å²) in [5, 5.41) is 12.0. The Labute approximate surface area is 169 Å². The first-order chi connectivity index (χ1) is 14.0. The van der Waals surface area contributed by atoms with Gasteiger partial charge in [0.2, 0.25) is 0 Å². The smallest absolute Gasteiger partial charge is 0.411 e. The van der Waals surface area contributed by atoms with Crippen LogP contribution in [0.2, 0.25) is 0 Å². The zero-order valence-corrected chi connectivity index (χ0v) is 16.2. The van der Waals surface area contributed by atoms with Crippen LogP contribution in [0.1, 0.15) is 38.5 Å². The monoisotopic (exact) mass is 387 g/mol. The van der Waals surface area contributed by atoms with E-state index >= 15 is 0 Å². The summed E-state index contributed by atoms with van der Waals surface area (Å²) in [6, 6.07) is 19.6. The highest BCUT2D eigenvalue weighted by atomic mass is 16.5. The third kappa shape index (κ3) is 3.47. The van der Waals surface area contributed by atoms with Crippen molar-refractivity contribution >= 4 is 17.7 Å². The summed E-state index contributed by atoms with van der Waals surface area (Å²) in [5.41, 5.74) is 6.60. The molecule has 3 aromatic carbocycles. The number of amides is 1. The Bertz CT molecular complexity index is 1050. The summed E-state index contributed by atoms with van der Waals surface area (Å²) in [6.45, 7) is 3.64. The zero-order chi connectivity index (χ0) is 20.5. The summed E-state index contributed by atoms with van der Waals surface area (Å²) in [4.78, 5) is 23.7. The molecule has 0 radical (unpaired) electrons. The molecular formula is C24H21NO4. The number of fused-ring (bicyclic) bond motifs is 3. The second-order valence-electron chi connectivity index (χ2n) is 7.24. The molecule has 1 aliphatic rings. The second-order valence-corrected chi connectivity index (χ2v) is 7.24. The summed E-state index contributed by atoms with van der Waals surface area (Å²) in [7, 11) is 0. The molecule has 0 aliphatic heterocycles. The van der Waals surface area contributed by atoms with Crippen molar-refractivity contribution in [2.75, 3.05) is 11.9 Å². The predicted octanol–water partition coefficient (Wildman–Crippen LogP) is 5.36. The van der Waals surface area contributed by atoms with Gasteiger partial charge in [0, 0.05) is 11.6 Å². The van der Waals surface area contributed by atoms with E-state index in [1.54, 1.807) is 26.0 Å². The number of anilines is 1. The molecule has 0 atom stereocenters. The van der Waals surface area contributed by atoms with Crippen molar-refractivity contribution in [1.82, 2.24) is 0 Å². The minimum absolute atomic E-state index is 0.00833. The van der Waals surface area contributed by atoms with Crippen LogP contribution in [0.25, 0.3) is 11.1 Å². The molecule has 0 unspecified atom stereocenters. The van der Waals surface area contributed by atoms with Crippen LogP contribution in [-0.4, -0.2) is 23.8 Å². The van der Waals surface area contributed by atoms with Crippen LogP contribution in [0, 0.1) is 13.8 Å². The average molecular weight is 387 g/mol. The van der Waals surface area contributed by atoms with E-state index in [0.717, 1.165) is 11.1 Å². The Morgan fingerprint density at radius 1 is 0.931 bits per heavy atom. The van der Waals surface area contributed by atoms with Gasteiger partial charge in [-0.05, 0) is 59.4 Å². The second kappa shape index (κ2) is 7.43. The lowest BCUT2D eigenvalue weighted by Crippen LogP contribution is -2.18. The highest BCUT2D eigenvalue weighted by Crippen LogP contribution is 2.44. The number of carbonyl (C=O) groups excluding carboxylic acids is 1. The van der Waals surface area contributed by atoms with Crippen LogP contribution in [-0.2, 0) is 4.74 Å². The van der Waals surface area contributed by atoms with E-state index in [-0.39, 0.29) is 18.1 Å². The molecule has 1 aliphatic carbocycles. The number of nitrogens with one attached hydrogen (secondary N) is 1. The normalized spacial score (nSPS) is 12.2. The third-order valence-corrected chi connectivity index (χ3v) is 5.34. The van der Waals surface area contributed by atoms with Crippen molar-refractivity contribution < 1.29 is 19.4 Å². The molecular weight excluding hydrogens is 366 g/mol. The molecule has 5 nitrogen and oxygen atoms in total. The fourth-order valence-corrected chi connectivity index (χ4v) is 4.13. The molecule has 0 aromatic heterocycles. The van der Waals surface area contributed by atoms with E-state index in [2.05, 4.69) is 29.6 Å². The standard InChI is InChI=1S/C24H21NO4/c1-14-11-16(12-15(2)22(14)23(26)27)25-24(28)29-13-21-19-9-5-3-7-17(19)18-8-4-6-10-20(18)21/h3-12,21H,13H2,1-2H3,(H,25,28)(H,26,27). The Morgan fingerprint density at radius 3 is 1.97 bits per heavy atom. The molecule has 3 aromatic rings. The van der Waals surface area contributed by atoms with Gasteiger partial charge in [-0.25, -0.2) is 9.59 Å². The van der Waals surface area contributed by atoms with E-state index in [1.165, 1.54) is 11.1 Å². The number of aryl methyl sites for hydroxylation is 2. The van der Waals surface area contributed by atoms with Crippen LogP contribution in [0.15, 0.2) is 60.7 Å². The lowest BCUT2D eigenvalue weighted by atomic mass is 9.98. The largest absolute Gasteiger partial charge is 0.478 e. The van der Waals surface area contributed by atoms with Gasteiger partial charge in [0.15, 0.2) is 0 Å². The van der Waals surface area contributed by atoms with Gasteiger partial charge < -0.3 is 9.84 Å². The number of carbonyl (C=O) groups is 2. The topological polar surface area (TPSA) is 75.6 Å². The van der Waals surface area contributed by atoms with Gasteiger partial charge >= 0.3 is 12.1 Å². The third-order valence-electron chi connectivity index (χ3n) is 5.34. The van der Waals surface area contributed by atoms with Gasteiger partial charge in [0.25, 0.3) is 0 Å². The molecule has 0 bridgehead atoms. The van der Waals surface area contributed by atoms with E-state index < -0.39 is 12.1 Å². The molecule has 5 heteroatoms. The molecule has 0 saturated carbocycles. The van der Waals surface area contributed by atoms with Crippen molar-refractivity contribution in [2.24, 2.45) is 0 Å². The molecule has 146 valence electrons. The Hall–Kier alpha value is -3.60. The first-order valence-corrected chi connectivity index (χ1v) is 9.42. The van der Waals surface area contributed by atoms with Crippen LogP contribution in [0.3, 0.4) is 0 Å². The summed E-state index contributed by atoms with van der Waals surface area (Å²) >= 11 is 0. The van der Waals surface area contributed by atoms with Crippen molar-refractivity contribution in [2.45, 2.75) is 19.8 Å². The number of carboxylic acid groups (broad SMARTS) is 1. The van der Waals surface area contributed by atoms with Gasteiger partial charge in [-0.15, -0.1) is 0 Å². The van der Waals surface area contributed by atoms with Crippen molar-refractivity contribution in [3.63, 3.8) is 0 Å². The van der Waals surface area contributed by atoms with Crippen LogP contribution >= 0.6 is 0 Å². The zero-order valence-electron chi connectivity index (χ0n) is 16.2. The van der Waals surface area contributed by atoms with Gasteiger partial charge in [0.05, 0.1) is 5.56 Å². The number of hydrogen-bond donors (Lipinski definition) is 2. The molecule has 29 heavy (non-hydrogen) atoms. The molecule has 1 amide bonds. The van der Waals surface area contributed by atoms with Gasteiger partial charge in [-0.2, -0.15) is 0 Å².